The molecule has 0 bridgehead atoms. The van der Waals surface area contributed by atoms with E-state index in [1.807, 2.05) is 19.9 Å². The van der Waals surface area contributed by atoms with Gasteiger partial charge in [0, 0.05) is 0 Å². The smallest absolute Gasteiger partial charge is 0.0851 e. The Morgan fingerprint density at radius 3 is 2.41 bits per heavy atom. The van der Waals surface area contributed by atoms with Gasteiger partial charge in [0.15, 0.2) is 0 Å². The Hall–Kier alpha value is -1.12. The molecular formula is C15H18OS. The van der Waals surface area contributed by atoms with Crippen molar-refractivity contribution >= 4 is 11.3 Å². The molecule has 0 fully saturated rings. The van der Waals surface area contributed by atoms with E-state index in [2.05, 4.69) is 35.0 Å². The van der Waals surface area contributed by atoms with E-state index in [0.29, 0.717) is 0 Å². The van der Waals surface area contributed by atoms with Crippen molar-refractivity contribution in [3.63, 3.8) is 0 Å². The van der Waals surface area contributed by atoms with Crippen molar-refractivity contribution in [2.75, 3.05) is 0 Å². The first-order chi connectivity index (χ1) is 8.07. The zero-order valence-electron chi connectivity index (χ0n) is 10.3. The van der Waals surface area contributed by atoms with Gasteiger partial charge in [-0.3, -0.25) is 0 Å². The lowest BCUT2D eigenvalue weighted by molar-refractivity contribution is 0.0781. The monoisotopic (exact) mass is 246 g/mol. The van der Waals surface area contributed by atoms with Gasteiger partial charge in [0.1, 0.15) is 0 Å². The largest absolute Gasteiger partial charge is 0.386 e. The standard InChI is InChI=1S/C15H18OS/c1-15(2,16)14-11-17-10-13(14)9-8-12-6-4-3-5-7-12/h3-7,10-11,16H,8-9H2,1-2H3. The number of benzene rings is 1. The quantitative estimate of drug-likeness (QED) is 0.871. The predicted molar refractivity (Wildman–Crippen MR) is 73.4 cm³/mol. The molecule has 2 aromatic rings. The van der Waals surface area contributed by atoms with Gasteiger partial charge in [-0.2, -0.15) is 11.3 Å². The highest BCUT2D eigenvalue weighted by Gasteiger charge is 2.20. The van der Waals surface area contributed by atoms with E-state index < -0.39 is 5.60 Å². The van der Waals surface area contributed by atoms with Crippen LogP contribution < -0.4 is 0 Å². The van der Waals surface area contributed by atoms with Crippen molar-refractivity contribution in [3.8, 4) is 0 Å². The molecule has 90 valence electrons. The Balaban J connectivity index is 2.08. The third-order valence-electron chi connectivity index (χ3n) is 2.93. The van der Waals surface area contributed by atoms with E-state index >= 15 is 0 Å². The van der Waals surface area contributed by atoms with E-state index in [0.717, 1.165) is 18.4 Å². The van der Waals surface area contributed by atoms with Gasteiger partial charge in [0.25, 0.3) is 0 Å². The summed E-state index contributed by atoms with van der Waals surface area (Å²) >= 11 is 1.67. The van der Waals surface area contributed by atoms with Crippen LogP contribution in [-0.4, -0.2) is 5.11 Å². The molecule has 0 amide bonds. The molecule has 0 radical (unpaired) electrons. The molecule has 1 N–H and O–H groups in total. The fourth-order valence-corrected chi connectivity index (χ4v) is 3.03. The summed E-state index contributed by atoms with van der Waals surface area (Å²) < 4.78 is 0. The molecule has 0 unspecified atom stereocenters. The van der Waals surface area contributed by atoms with Gasteiger partial charge in [-0.1, -0.05) is 30.3 Å². The average molecular weight is 246 g/mol. The molecule has 1 aromatic heterocycles. The molecule has 2 rings (SSSR count). The zero-order valence-corrected chi connectivity index (χ0v) is 11.1. The van der Waals surface area contributed by atoms with Gasteiger partial charge in [-0.15, -0.1) is 0 Å². The van der Waals surface area contributed by atoms with Crippen LogP contribution in [0.2, 0.25) is 0 Å². The third kappa shape index (κ3) is 3.18. The minimum atomic E-state index is -0.730. The Labute approximate surface area is 107 Å². The summed E-state index contributed by atoms with van der Waals surface area (Å²) in [6.07, 6.45) is 2.02. The lowest BCUT2D eigenvalue weighted by Crippen LogP contribution is -2.16. The maximum Gasteiger partial charge on any atom is 0.0851 e. The molecule has 1 aromatic carbocycles. The van der Waals surface area contributed by atoms with Gasteiger partial charge < -0.3 is 5.11 Å². The first-order valence-electron chi connectivity index (χ1n) is 5.89. The minimum absolute atomic E-state index is 0.730. The van der Waals surface area contributed by atoms with Gasteiger partial charge >= 0.3 is 0 Å². The molecule has 0 aliphatic carbocycles. The number of rotatable bonds is 4. The summed E-state index contributed by atoms with van der Waals surface area (Å²) in [5.74, 6) is 0. The van der Waals surface area contributed by atoms with Crippen molar-refractivity contribution in [2.45, 2.75) is 32.3 Å². The summed E-state index contributed by atoms with van der Waals surface area (Å²) in [6, 6.07) is 10.5. The second-order valence-electron chi connectivity index (χ2n) is 4.86. The van der Waals surface area contributed by atoms with Crippen molar-refractivity contribution in [1.82, 2.24) is 0 Å². The summed E-state index contributed by atoms with van der Waals surface area (Å²) in [5.41, 5.74) is 2.96. The lowest BCUT2D eigenvalue weighted by Gasteiger charge is -2.18. The van der Waals surface area contributed by atoms with E-state index in [-0.39, 0.29) is 0 Å². The Morgan fingerprint density at radius 1 is 1.06 bits per heavy atom. The van der Waals surface area contributed by atoms with Gasteiger partial charge in [0.2, 0.25) is 0 Å². The fraction of sp³-hybridized carbons (Fsp3) is 0.333. The Kier molecular flexibility index (Phi) is 3.65. The Morgan fingerprint density at radius 2 is 1.76 bits per heavy atom. The summed E-state index contributed by atoms with van der Waals surface area (Å²) in [6.45, 7) is 3.70. The molecule has 1 heterocycles. The van der Waals surface area contributed by atoms with Crippen molar-refractivity contribution < 1.29 is 5.11 Å². The fourth-order valence-electron chi connectivity index (χ4n) is 1.98. The number of aliphatic hydroxyl groups is 1. The molecule has 1 nitrogen and oxygen atoms in total. The van der Waals surface area contributed by atoms with Crippen molar-refractivity contribution in [1.29, 1.82) is 0 Å². The first-order valence-corrected chi connectivity index (χ1v) is 6.83. The third-order valence-corrected chi connectivity index (χ3v) is 3.72. The van der Waals surface area contributed by atoms with E-state index in [1.165, 1.54) is 11.1 Å². The predicted octanol–water partition coefficient (Wildman–Crippen LogP) is 3.76. The van der Waals surface area contributed by atoms with E-state index in [9.17, 15) is 5.11 Å². The molecule has 0 saturated heterocycles. The normalized spacial score (nSPS) is 11.7. The number of aryl methyl sites for hydroxylation is 2. The van der Waals surface area contributed by atoms with Crippen LogP contribution in [0.5, 0.6) is 0 Å². The molecule has 0 atom stereocenters. The summed E-state index contributed by atoms with van der Waals surface area (Å²) in [5, 5.41) is 14.3. The van der Waals surface area contributed by atoms with Crippen molar-refractivity contribution in [3.05, 3.63) is 57.8 Å². The highest BCUT2D eigenvalue weighted by atomic mass is 32.1. The Bertz CT molecular complexity index is 465. The molecule has 0 aliphatic heterocycles. The first kappa shape index (κ1) is 12.3. The number of thiophene rings is 1. The zero-order chi connectivity index (χ0) is 12.3. The number of hydrogen-bond donors (Lipinski definition) is 1. The van der Waals surface area contributed by atoms with Crippen LogP contribution in [0.3, 0.4) is 0 Å². The van der Waals surface area contributed by atoms with E-state index in [4.69, 9.17) is 0 Å². The van der Waals surface area contributed by atoms with Crippen LogP contribution in [0.4, 0.5) is 0 Å². The topological polar surface area (TPSA) is 20.2 Å². The second kappa shape index (κ2) is 5.03. The van der Waals surface area contributed by atoms with E-state index in [1.54, 1.807) is 11.3 Å². The number of hydrogen-bond acceptors (Lipinski definition) is 2. The molecular weight excluding hydrogens is 228 g/mol. The molecule has 0 aliphatic rings. The van der Waals surface area contributed by atoms with Crippen LogP contribution in [0.25, 0.3) is 0 Å². The van der Waals surface area contributed by atoms with Crippen LogP contribution in [-0.2, 0) is 18.4 Å². The second-order valence-corrected chi connectivity index (χ2v) is 5.60. The summed E-state index contributed by atoms with van der Waals surface area (Å²) in [7, 11) is 0. The maximum absolute atomic E-state index is 10.1. The highest BCUT2D eigenvalue weighted by Crippen LogP contribution is 2.28. The van der Waals surface area contributed by atoms with Crippen LogP contribution in [0.15, 0.2) is 41.1 Å². The SMILES string of the molecule is CC(C)(O)c1cscc1CCc1ccccc1. The van der Waals surface area contributed by atoms with Crippen molar-refractivity contribution in [2.24, 2.45) is 0 Å². The van der Waals surface area contributed by atoms with Gasteiger partial charge in [-0.25, -0.2) is 0 Å². The van der Waals surface area contributed by atoms with Crippen LogP contribution in [0.1, 0.15) is 30.5 Å². The molecule has 17 heavy (non-hydrogen) atoms. The average Bonchev–Trinajstić information content (AvgIpc) is 2.75. The van der Waals surface area contributed by atoms with Gasteiger partial charge in [-0.05, 0) is 54.1 Å². The van der Waals surface area contributed by atoms with Crippen LogP contribution in [0, 0.1) is 0 Å². The van der Waals surface area contributed by atoms with Crippen LogP contribution >= 0.6 is 11.3 Å². The highest BCUT2D eigenvalue weighted by molar-refractivity contribution is 7.08. The minimum Gasteiger partial charge on any atom is -0.386 e. The lowest BCUT2D eigenvalue weighted by atomic mass is 9.94. The molecule has 2 heteroatoms. The van der Waals surface area contributed by atoms with Gasteiger partial charge in [0.05, 0.1) is 5.60 Å². The molecule has 0 saturated carbocycles. The maximum atomic E-state index is 10.1. The summed E-state index contributed by atoms with van der Waals surface area (Å²) in [4.78, 5) is 0. The molecule has 0 spiro atoms.